The van der Waals surface area contributed by atoms with Crippen LogP contribution < -0.4 is 0 Å². The van der Waals surface area contributed by atoms with Gasteiger partial charge in [-0.25, -0.2) is 0 Å². The van der Waals surface area contributed by atoms with Gasteiger partial charge in [0, 0.05) is 55.7 Å². The maximum Gasteiger partial charge on any atom is 0.0847 e. The van der Waals surface area contributed by atoms with Crippen molar-refractivity contribution in [1.29, 1.82) is 0 Å². The molecule has 4 aromatic heterocycles. The quantitative estimate of drug-likeness (QED) is 0.162. The molecule has 4 nitrogen and oxygen atoms in total. The van der Waals surface area contributed by atoms with Crippen LogP contribution in [0.2, 0.25) is 0 Å². The Labute approximate surface area is 314 Å². The second-order valence-corrected chi connectivity index (χ2v) is 13.8. The molecule has 0 spiro atoms. The molecular weight excluding hydrogens is 803 g/mol. The van der Waals surface area contributed by atoms with E-state index in [0.717, 1.165) is 62.1 Å². The molecule has 0 amide bonds. The minimum atomic E-state index is 0. The Hall–Kier alpha value is -4.96. The smallest absolute Gasteiger partial charge is 0.0847 e. The van der Waals surface area contributed by atoms with Gasteiger partial charge in [-0.2, -0.15) is 0 Å². The van der Waals surface area contributed by atoms with E-state index in [4.69, 9.17) is 14.4 Å². The number of aryl methyl sites for hydroxylation is 5. The number of nitrogens with zero attached hydrogens (tertiary/aromatic N) is 3. The number of rotatable bonds is 5. The SMILES string of the molecule is Cc1c[c-]c(-c2cc(C)c(C)cn2)cc1C.Cc1cccc2cc(-c3ccnc(-c4[c-]c5ccoc5c5nc(CC(C)C)ccc45)c3)ccc12.[Ir]. The Morgan fingerprint density at radius 2 is 1.49 bits per heavy atom. The third kappa shape index (κ3) is 7.56. The molecular formula is C46H41IrN3O-2. The Kier molecular flexibility index (Phi) is 10.6. The fraction of sp³-hybridized carbons (Fsp3) is 0.196. The van der Waals surface area contributed by atoms with Gasteiger partial charge in [-0.05, 0) is 90.0 Å². The molecule has 51 heavy (non-hydrogen) atoms. The molecule has 0 unspecified atom stereocenters. The number of fused-ring (bicyclic) bond motifs is 4. The second-order valence-electron chi connectivity index (χ2n) is 13.8. The molecule has 0 saturated heterocycles. The van der Waals surface area contributed by atoms with Crippen molar-refractivity contribution in [2.24, 2.45) is 5.92 Å². The van der Waals surface area contributed by atoms with Gasteiger partial charge >= 0.3 is 0 Å². The summed E-state index contributed by atoms with van der Waals surface area (Å²) >= 11 is 0. The number of hydrogen-bond donors (Lipinski definition) is 0. The van der Waals surface area contributed by atoms with Crippen LogP contribution in [0.5, 0.6) is 0 Å². The maximum absolute atomic E-state index is 5.81. The van der Waals surface area contributed by atoms with Crippen LogP contribution in [-0.4, -0.2) is 15.0 Å². The molecule has 0 N–H and O–H groups in total. The largest absolute Gasteiger partial charge is 0.506 e. The van der Waals surface area contributed by atoms with E-state index in [2.05, 4.69) is 138 Å². The number of benzene rings is 4. The summed E-state index contributed by atoms with van der Waals surface area (Å²) in [4.78, 5) is 14.2. The van der Waals surface area contributed by atoms with E-state index >= 15 is 0 Å². The van der Waals surface area contributed by atoms with Gasteiger partial charge in [-0.1, -0.05) is 104 Å². The van der Waals surface area contributed by atoms with Crippen LogP contribution >= 0.6 is 0 Å². The predicted molar refractivity (Wildman–Crippen MR) is 207 cm³/mol. The van der Waals surface area contributed by atoms with E-state index in [1.54, 1.807) is 6.26 Å². The van der Waals surface area contributed by atoms with Crippen molar-refractivity contribution in [1.82, 2.24) is 15.0 Å². The first-order valence-electron chi connectivity index (χ1n) is 17.3. The van der Waals surface area contributed by atoms with E-state index in [0.29, 0.717) is 5.92 Å². The molecule has 0 bridgehead atoms. The van der Waals surface area contributed by atoms with E-state index in [-0.39, 0.29) is 20.1 Å². The molecule has 257 valence electrons. The molecule has 5 heteroatoms. The maximum atomic E-state index is 5.81. The van der Waals surface area contributed by atoms with Crippen LogP contribution in [0.25, 0.3) is 66.3 Å². The van der Waals surface area contributed by atoms with Crippen LogP contribution in [-0.2, 0) is 26.5 Å². The zero-order chi connectivity index (χ0) is 34.9. The van der Waals surface area contributed by atoms with Crippen molar-refractivity contribution < 1.29 is 24.5 Å². The minimum Gasteiger partial charge on any atom is -0.506 e. The predicted octanol–water partition coefficient (Wildman–Crippen LogP) is 12.0. The summed E-state index contributed by atoms with van der Waals surface area (Å²) in [5.74, 6) is 0.538. The molecule has 4 heterocycles. The molecule has 8 aromatic rings. The van der Waals surface area contributed by atoms with E-state index in [1.807, 2.05) is 24.5 Å². The van der Waals surface area contributed by atoms with Crippen LogP contribution in [0.4, 0.5) is 0 Å². The van der Waals surface area contributed by atoms with Crippen LogP contribution in [0, 0.1) is 52.7 Å². The van der Waals surface area contributed by atoms with E-state index in [9.17, 15) is 0 Å². The van der Waals surface area contributed by atoms with Gasteiger partial charge < -0.3 is 9.40 Å². The van der Waals surface area contributed by atoms with Crippen molar-refractivity contribution in [2.45, 2.75) is 54.9 Å². The minimum absolute atomic E-state index is 0. The molecule has 4 aromatic carbocycles. The summed E-state index contributed by atoms with van der Waals surface area (Å²) in [5, 5.41) is 4.46. The van der Waals surface area contributed by atoms with Gasteiger partial charge in [-0.3, -0.25) is 9.97 Å². The molecule has 0 aliphatic heterocycles. The average Bonchev–Trinajstić information content (AvgIpc) is 3.60. The normalized spacial score (nSPS) is 11.1. The Morgan fingerprint density at radius 3 is 2.27 bits per heavy atom. The molecule has 0 atom stereocenters. The van der Waals surface area contributed by atoms with Gasteiger partial charge in [0.05, 0.1) is 5.58 Å². The van der Waals surface area contributed by atoms with Crippen molar-refractivity contribution in [3.63, 3.8) is 0 Å². The van der Waals surface area contributed by atoms with Gasteiger partial charge in [0.1, 0.15) is 0 Å². The van der Waals surface area contributed by atoms with Crippen LogP contribution in [0.1, 0.15) is 47.4 Å². The number of aromatic nitrogens is 3. The van der Waals surface area contributed by atoms with Crippen LogP contribution in [0.15, 0.2) is 108 Å². The Bertz CT molecular complexity index is 2460. The average molecular weight is 844 g/mol. The third-order valence-electron chi connectivity index (χ3n) is 9.50. The monoisotopic (exact) mass is 844 g/mol. The zero-order valence-electron chi connectivity index (χ0n) is 30.2. The summed E-state index contributed by atoms with van der Waals surface area (Å²) in [6.45, 7) is 15.0. The molecule has 1 radical (unpaired) electrons. The van der Waals surface area contributed by atoms with Gasteiger partial charge in [0.2, 0.25) is 0 Å². The summed E-state index contributed by atoms with van der Waals surface area (Å²) in [5.41, 5.74) is 15.3. The summed E-state index contributed by atoms with van der Waals surface area (Å²) < 4.78 is 5.81. The number of hydrogen-bond acceptors (Lipinski definition) is 4. The summed E-state index contributed by atoms with van der Waals surface area (Å²) in [6, 6.07) is 36.6. The van der Waals surface area contributed by atoms with Crippen molar-refractivity contribution in [3.8, 4) is 33.6 Å². The Balaban J connectivity index is 0.000000222. The van der Waals surface area contributed by atoms with Gasteiger partial charge in [0.15, 0.2) is 0 Å². The Morgan fingerprint density at radius 1 is 0.706 bits per heavy atom. The molecule has 0 saturated carbocycles. The molecule has 8 rings (SSSR count). The fourth-order valence-corrected chi connectivity index (χ4v) is 6.36. The van der Waals surface area contributed by atoms with E-state index < -0.39 is 0 Å². The van der Waals surface area contributed by atoms with Crippen molar-refractivity contribution in [3.05, 3.63) is 149 Å². The molecule has 0 fully saturated rings. The summed E-state index contributed by atoms with van der Waals surface area (Å²) in [6.07, 6.45) is 6.45. The zero-order valence-corrected chi connectivity index (χ0v) is 32.6. The first-order valence-corrected chi connectivity index (χ1v) is 17.3. The third-order valence-corrected chi connectivity index (χ3v) is 9.50. The summed E-state index contributed by atoms with van der Waals surface area (Å²) in [7, 11) is 0. The standard InChI is InChI=1S/C31H25N2O.C15H16N.Ir/c1-19(2)15-25-8-10-27-28(17-24-12-14-34-31(24)30(27)33-25)29-18-22(11-13-32-29)21-7-9-26-20(3)5-4-6-23(26)16-21;1-10-5-6-14(7-11(10)2)15-8-12(3)13(4)9-16-15;/h4-14,16,18-19H,15H2,1-3H3;5,7-9H,1-4H3;/q2*-1;. The van der Waals surface area contributed by atoms with Gasteiger partial charge in [0.25, 0.3) is 0 Å². The fourth-order valence-electron chi connectivity index (χ4n) is 6.36. The molecule has 0 aliphatic rings. The van der Waals surface area contributed by atoms with E-state index in [1.165, 1.54) is 44.2 Å². The number of furan rings is 1. The topological polar surface area (TPSA) is 51.8 Å². The van der Waals surface area contributed by atoms with Crippen molar-refractivity contribution in [2.75, 3.05) is 0 Å². The molecule has 0 aliphatic carbocycles. The van der Waals surface area contributed by atoms with Crippen LogP contribution in [0.3, 0.4) is 0 Å². The first kappa shape index (κ1) is 35.9. The second kappa shape index (κ2) is 15.1. The first-order chi connectivity index (χ1) is 24.1. The van der Waals surface area contributed by atoms with Crippen molar-refractivity contribution >= 4 is 32.6 Å². The van der Waals surface area contributed by atoms with Gasteiger partial charge in [-0.15, -0.1) is 41.0 Å². The number of pyridine rings is 3.